The van der Waals surface area contributed by atoms with Crippen molar-refractivity contribution in [3.63, 3.8) is 0 Å². The van der Waals surface area contributed by atoms with E-state index >= 15 is 0 Å². The van der Waals surface area contributed by atoms with Crippen LogP contribution in [0, 0.1) is 6.92 Å². The first-order valence-corrected chi connectivity index (χ1v) is 7.73. The van der Waals surface area contributed by atoms with Gasteiger partial charge >= 0.3 is 0 Å². The molecule has 0 spiro atoms. The molecule has 1 aromatic heterocycles. The Morgan fingerprint density at radius 3 is 3.18 bits per heavy atom. The number of nitrogens with one attached hydrogen (secondary N) is 1. The standard InChI is InChI=1S/C13H23N3S/c1-3-4-7-14-13-15-11(2)9-16(13)10-12-6-5-8-17-12/h9,12H,3-8,10H2,1-2H3,(H,14,15). The van der Waals surface area contributed by atoms with E-state index in [-0.39, 0.29) is 0 Å². The van der Waals surface area contributed by atoms with E-state index in [4.69, 9.17) is 0 Å². The highest BCUT2D eigenvalue weighted by atomic mass is 32.2. The average Bonchev–Trinajstić information content (AvgIpc) is 2.90. The van der Waals surface area contributed by atoms with E-state index < -0.39 is 0 Å². The molecule has 2 heterocycles. The number of unbranched alkanes of at least 4 members (excludes halogenated alkanes) is 1. The first-order valence-electron chi connectivity index (χ1n) is 6.69. The fourth-order valence-electron chi connectivity index (χ4n) is 2.21. The third kappa shape index (κ3) is 3.66. The zero-order valence-electron chi connectivity index (χ0n) is 10.9. The van der Waals surface area contributed by atoms with Crippen molar-refractivity contribution in [2.24, 2.45) is 0 Å². The van der Waals surface area contributed by atoms with Gasteiger partial charge in [0.25, 0.3) is 0 Å². The van der Waals surface area contributed by atoms with E-state index in [2.05, 4.69) is 46.7 Å². The predicted molar refractivity (Wildman–Crippen MR) is 75.8 cm³/mol. The molecule has 0 bridgehead atoms. The molecular weight excluding hydrogens is 230 g/mol. The molecular formula is C13H23N3S. The van der Waals surface area contributed by atoms with Crippen molar-refractivity contribution < 1.29 is 0 Å². The maximum absolute atomic E-state index is 4.57. The number of thioether (sulfide) groups is 1. The van der Waals surface area contributed by atoms with Crippen LogP contribution in [0.1, 0.15) is 38.3 Å². The highest BCUT2D eigenvalue weighted by Gasteiger charge is 2.17. The molecule has 0 aliphatic carbocycles. The SMILES string of the molecule is CCCCNc1nc(C)cn1CC1CCCS1. The monoisotopic (exact) mass is 253 g/mol. The van der Waals surface area contributed by atoms with Gasteiger partial charge in [0, 0.05) is 24.5 Å². The van der Waals surface area contributed by atoms with Crippen molar-refractivity contribution in [2.75, 3.05) is 17.6 Å². The molecule has 17 heavy (non-hydrogen) atoms. The van der Waals surface area contributed by atoms with Gasteiger partial charge in [-0.15, -0.1) is 0 Å². The van der Waals surface area contributed by atoms with Crippen LogP contribution in [-0.4, -0.2) is 27.1 Å². The van der Waals surface area contributed by atoms with Crippen LogP contribution in [-0.2, 0) is 6.54 Å². The Morgan fingerprint density at radius 2 is 2.47 bits per heavy atom. The Hall–Kier alpha value is -0.640. The van der Waals surface area contributed by atoms with E-state index in [0.717, 1.165) is 30.0 Å². The lowest BCUT2D eigenvalue weighted by Crippen LogP contribution is -2.13. The highest BCUT2D eigenvalue weighted by molar-refractivity contribution is 8.00. The predicted octanol–water partition coefficient (Wildman–Crippen LogP) is 3.30. The van der Waals surface area contributed by atoms with Gasteiger partial charge < -0.3 is 9.88 Å². The van der Waals surface area contributed by atoms with E-state index in [9.17, 15) is 0 Å². The van der Waals surface area contributed by atoms with Gasteiger partial charge in [0.15, 0.2) is 0 Å². The molecule has 1 aliphatic heterocycles. The summed E-state index contributed by atoms with van der Waals surface area (Å²) >= 11 is 2.11. The largest absolute Gasteiger partial charge is 0.356 e. The summed E-state index contributed by atoms with van der Waals surface area (Å²) in [4.78, 5) is 4.57. The Kier molecular flexibility index (Phi) is 4.77. The molecule has 0 amide bonds. The Morgan fingerprint density at radius 1 is 1.59 bits per heavy atom. The minimum Gasteiger partial charge on any atom is -0.356 e. The second-order valence-corrected chi connectivity index (χ2v) is 6.18. The number of aromatic nitrogens is 2. The number of imidazole rings is 1. The maximum Gasteiger partial charge on any atom is 0.203 e. The zero-order chi connectivity index (χ0) is 12.1. The molecule has 1 aromatic rings. The molecule has 0 aromatic carbocycles. The maximum atomic E-state index is 4.57. The van der Waals surface area contributed by atoms with Crippen LogP contribution >= 0.6 is 11.8 Å². The van der Waals surface area contributed by atoms with E-state index in [1.165, 1.54) is 31.4 Å². The minimum absolute atomic E-state index is 0.787. The summed E-state index contributed by atoms with van der Waals surface area (Å²) in [7, 11) is 0. The van der Waals surface area contributed by atoms with Crippen LogP contribution < -0.4 is 5.32 Å². The molecule has 1 saturated heterocycles. The van der Waals surface area contributed by atoms with Crippen LogP contribution in [0.15, 0.2) is 6.20 Å². The molecule has 0 saturated carbocycles. The van der Waals surface area contributed by atoms with Crippen LogP contribution in [0.3, 0.4) is 0 Å². The van der Waals surface area contributed by atoms with Gasteiger partial charge in [-0.25, -0.2) is 4.98 Å². The lowest BCUT2D eigenvalue weighted by atomic mass is 10.2. The third-order valence-corrected chi connectivity index (χ3v) is 4.52. The third-order valence-electron chi connectivity index (χ3n) is 3.13. The summed E-state index contributed by atoms with van der Waals surface area (Å²) in [5, 5.41) is 4.24. The number of nitrogens with zero attached hydrogens (tertiary/aromatic N) is 2. The van der Waals surface area contributed by atoms with Crippen molar-refractivity contribution in [1.82, 2.24) is 9.55 Å². The quantitative estimate of drug-likeness (QED) is 0.789. The Labute approximate surface area is 108 Å². The normalized spacial score (nSPS) is 19.8. The van der Waals surface area contributed by atoms with E-state index in [1.54, 1.807) is 0 Å². The first kappa shape index (κ1) is 12.8. The van der Waals surface area contributed by atoms with Crippen molar-refractivity contribution in [1.29, 1.82) is 0 Å². The topological polar surface area (TPSA) is 29.9 Å². The Balaban J connectivity index is 1.94. The summed E-state index contributed by atoms with van der Waals surface area (Å²) in [6.45, 7) is 6.43. The molecule has 1 fully saturated rings. The summed E-state index contributed by atoms with van der Waals surface area (Å²) in [6, 6.07) is 0. The van der Waals surface area contributed by atoms with E-state index in [1.807, 2.05) is 0 Å². The number of hydrogen-bond acceptors (Lipinski definition) is 3. The molecule has 1 aliphatic rings. The summed E-state index contributed by atoms with van der Waals surface area (Å²) in [5.41, 5.74) is 1.12. The summed E-state index contributed by atoms with van der Waals surface area (Å²) in [5.74, 6) is 2.39. The van der Waals surface area contributed by atoms with Crippen molar-refractivity contribution >= 4 is 17.7 Å². The molecule has 1 unspecified atom stereocenters. The zero-order valence-corrected chi connectivity index (χ0v) is 11.7. The van der Waals surface area contributed by atoms with Crippen LogP contribution in [0.5, 0.6) is 0 Å². The van der Waals surface area contributed by atoms with Crippen molar-refractivity contribution in [3.8, 4) is 0 Å². The highest BCUT2D eigenvalue weighted by Crippen LogP contribution is 2.28. The summed E-state index contributed by atoms with van der Waals surface area (Å²) in [6.07, 6.45) is 7.35. The molecule has 0 radical (unpaired) electrons. The van der Waals surface area contributed by atoms with Gasteiger partial charge in [0.2, 0.25) is 5.95 Å². The number of anilines is 1. The molecule has 1 N–H and O–H groups in total. The van der Waals surface area contributed by atoms with Gasteiger partial charge in [-0.1, -0.05) is 13.3 Å². The molecule has 3 nitrogen and oxygen atoms in total. The van der Waals surface area contributed by atoms with Gasteiger partial charge in [-0.05, 0) is 31.9 Å². The van der Waals surface area contributed by atoms with Gasteiger partial charge in [-0.3, -0.25) is 0 Å². The van der Waals surface area contributed by atoms with E-state index in [0.29, 0.717) is 0 Å². The molecule has 2 rings (SSSR count). The summed E-state index contributed by atoms with van der Waals surface area (Å²) < 4.78 is 2.30. The smallest absolute Gasteiger partial charge is 0.203 e. The van der Waals surface area contributed by atoms with Crippen LogP contribution in [0.25, 0.3) is 0 Å². The van der Waals surface area contributed by atoms with Crippen molar-refractivity contribution in [3.05, 3.63) is 11.9 Å². The lowest BCUT2D eigenvalue weighted by molar-refractivity contribution is 0.639. The Bertz CT molecular complexity index is 342. The van der Waals surface area contributed by atoms with Crippen LogP contribution in [0.2, 0.25) is 0 Å². The van der Waals surface area contributed by atoms with Gasteiger partial charge in [-0.2, -0.15) is 11.8 Å². The van der Waals surface area contributed by atoms with Gasteiger partial charge in [0.1, 0.15) is 0 Å². The minimum atomic E-state index is 0.787. The van der Waals surface area contributed by atoms with Crippen LogP contribution in [0.4, 0.5) is 5.95 Å². The average molecular weight is 253 g/mol. The fraction of sp³-hybridized carbons (Fsp3) is 0.769. The second kappa shape index (κ2) is 6.34. The number of aryl methyl sites for hydroxylation is 1. The first-order chi connectivity index (χ1) is 8.29. The molecule has 4 heteroatoms. The fourth-order valence-corrected chi connectivity index (χ4v) is 3.48. The van der Waals surface area contributed by atoms with Crippen molar-refractivity contribution in [2.45, 2.75) is 51.3 Å². The molecule has 96 valence electrons. The number of hydrogen-bond donors (Lipinski definition) is 1. The lowest BCUT2D eigenvalue weighted by Gasteiger charge is -2.13. The second-order valence-electron chi connectivity index (χ2n) is 4.77. The van der Waals surface area contributed by atoms with Gasteiger partial charge in [0.05, 0.1) is 5.69 Å². The molecule has 1 atom stereocenters. The number of rotatable bonds is 6.